The number of benzene rings is 1. The first-order valence-electron chi connectivity index (χ1n) is 7.12. The van der Waals surface area contributed by atoms with E-state index < -0.39 is 51.7 Å². The molecule has 3 rings (SSSR count). The lowest BCUT2D eigenvalue weighted by Gasteiger charge is -2.22. The van der Waals surface area contributed by atoms with Crippen LogP contribution >= 0.6 is 0 Å². The zero-order valence-corrected chi connectivity index (χ0v) is 13.4. The molecule has 1 aromatic heterocycles. The van der Waals surface area contributed by atoms with Gasteiger partial charge in [-0.1, -0.05) is 0 Å². The van der Waals surface area contributed by atoms with Crippen molar-refractivity contribution in [2.75, 3.05) is 4.72 Å². The van der Waals surface area contributed by atoms with Gasteiger partial charge in [0, 0.05) is 24.4 Å². The molecular formula is C15H11F4N3O2S. The lowest BCUT2D eigenvalue weighted by atomic mass is 9.95. The summed E-state index contributed by atoms with van der Waals surface area (Å²) in [5.74, 6) is -5.14. The van der Waals surface area contributed by atoms with Crippen LogP contribution in [0.4, 0.5) is 23.2 Å². The molecule has 132 valence electrons. The summed E-state index contributed by atoms with van der Waals surface area (Å²) in [6.45, 7) is 0. The maximum Gasteiger partial charge on any atom is 0.263 e. The molecule has 0 bridgehead atoms. The van der Waals surface area contributed by atoms with Crippen molar-refractivity contribution < 1.29 is 26.0 Å². The molecule has 0 unspecified atom stereocenters. The van der Waals surface area contributed by atoms with Gasteiger partial charge >= 0.3 is 0 Å². The number of aromatic amines is 1. The summed E-state index contributed by atoms with van der Waals surface area (Å²) in [7, 11) is -4.32. The van der Waals surface area contributed by atoms with E-state index in [4.69, 9.17) is 5.26 Å². The van der Waals surface area contributed by atoms with Gasteiger partial charge in [0.25, 0.3) is 15.9 Å². The number of rotatable bonds is 3. The van der Waals surface area contributed by atoms with E-state index >= 15 is 0 Å². The molecule has 1 heterocycles. The maximum absolute atomic E-state index is 13.9. The van der Waals surface area contributed by atoms with E-state index in [9.17, 15) is 26.0 Å². The molecule has 0 fully saturated rings. The molecule has 10 heteroatoms. The molecular weight excluding hydrogens is 362 g/mol. The van der Waals surface area contributed by atoms with Gasteiger partial charge in [0.05, 0.1) is 17.7 Å². The Hall–Kier alpha value is -2.54. The number of sulfonamides is 1. The highest BCUT2D eigenvalue weighted by Crippen LogP contribution is 2.36. The summed E-state index contributed by atoms with van der Waals surface area (Å²) < 4.78 is 81.0. The highest BCUT2D eigenvalue weighted by molar-refractivity contribution is 7.92. The third kappa shape index (κ3) is 3.19. The van der Waals surface area contributed by atoms with Crippen LogP contribution in [0, 0.1) is 23.0 Å². The number of anilines is 1. The number of halogens is 4. The number of H-pyrrole nitrogens is 1. The second-order valence-corrected chi connectivity index (χ2v) is 7.32. The molecule has 0 saturated heterocycles. The second kappa shape index (κ2) is 5.77. The standard InChI is InChI=1S/C15H11F4N3O2S/c16-10-4-12(11(17)3-8(10)6-20)22-25(23,24)14-7-21-13-5-15(18,19)2-1-9(13)14/h3-4,7,21-22H,1-2,5H2. The monoisotopic (exact) mass is 373 g/mol. The number of aromatic nitrogens is 1. The van der Waals surface area contributed by atoms with Crippen molar-refractivity contribution in [3.8, 4) is 6.07 Å². The van der Waals surface area contributed by atoms with Crippen LogP contribution in [0.1, 0.15) is 23.2 Å². The summed E-state index contributed by atoms with van der Waals surface area (Å²) in [4.78, 5) is 2.22. The fourth-order valence-corrected chi connectivity index (χ4v) is 4.03. The van der Waals surface area contributed by atoms with E-state index in [0.717, 1.165) is 6.20 Å². The van der Waals surface area contributed by atoms with Crippen LogP contribution in [0.15, 0.2) is 23.2 Å². The Morgan fingerprint density at radius 3 is 2.64 bits per heavy atom. The predicted octanol–water partition coefficient (Wildman–Crippen LogP) is 3.09. The van der Waals surface area contributed by atoms with Crippen LogP contribution in [-0.2, 0) is 22.9 Å². The summed E-state index contributed by atoms with van der Waals surface area (Å²) in [5.41, 5.74) is -0.939. The predicted molar refractivity (Wildman–Crippen MR) is 79.6 cm³/mol. The maximum atomic E-state index is 13.9. The Labute approximate surface area is 140 Å². The van der Waals surface area contributed by atoms with E-state index in [2.05, 4.69) is 4.98 Å². The van der Waals surface area contributed by atoms with Crippen molar-refractivity contribution in [3.05, 3.63) is 46.8 Å². The van der Waals surface area contributed by atoms with E-state index in [-0.39, 0.29) is 22.6 Å². The Bertz CT molecular complexity index is 993. The van der Waals surface area contributed by atoms with E-state index in [1.165, 1.54) is 6.07 Å². The molecule has 2 N–H and O–H groups in total. The van der Waals surface area contributed by atoms with Crippen LogP contribution in [0.5, 0.6) is 0 Å². The van der Waals surface area contributed by atoms with Crippen LogP contribution in [-0.4, -0.2) is 19.3 Å². The molecule has 1 aromatic carbocycles. The van der Waals surface area contributed by atoms with Crippen molar-refractivity contribution in [1.29, 1.82) is 5.26 Å². The van der Waals surface area contributed by atoms with Crippen LogP contribution in [0.2, 0.25) is 0 Å². The topological polar surface area (TPSA) is 85.8 Å². The number of hydrogen-bond acceptors (Lipinski definition) is 3. The molecule has 1 aliphatic rings. The summed E-state index contributed by atoms with van der Waals surface area (Å²) >= 11 is 0. The molecule has 0 atom stereocenters. The fourth-order valence-electron chi connectivity index (χ4n) is 2.71. The first-order valence-corrected chi connectivity index (χ1v) is 8.60. The van der Waals surface area contributed by atoms with Crippen LogP contribution < -0.4 is 4.72 Å². The first kappa shape index (κ1) is 17.3. The number of nitriles is 1. The minimum atomic E-state index is -4.32. The van der Waals surface area contributed by atoms with Crippen molar-refractivity contribution in [2.24, 2.45) is 0 Å². The minimum absolute atomic E-state index is 0.100. The minimum Gasteiger partial charge on any atom is -0.363 e. The van der Waals surface area contributed by atoms with Gasteiger partial charge in [-0.3, -0.25) is 4.72 Å². The van der Waals surface area contributed by atoms with Gasteiger partial charge in [0.1, 0.15) is 22.6 Å². The van der Waals surface area contributed by atoms with E-state index in [1.54, 1.807) is 0 Å². The SMILES string of the molecule is N#Cc1cc(F)c(NS(=O)(=O)c2c[nH]c3c2CCC(F)(F)C3)cc1F. The van der Waals surface area contributed by atoms with Crippen molar-refractivity contribution in [3.63, 3.8) is 0 Å². The molecule has 0 aliphatic heterocycles. The van der Waals surface area contributed by atoms with Gasteiger partial charge in [0.2, 0.25) is 0 Å². The Morgan fingerprint density at radius 1 is 1.24 bits per heavy atom. The third-order valence-electron chi connectivity index (χ3n) is 3.93. The first-order chi connectivity index (χ1) is 11.6. The van der Waals surface area contributed by atoms with Gasteiger partial charge in [0.15, 0.2) is 0 Å². The van der Waals surface area contributed by atoms with Gasteiger partial charge in [-0.05, 0) is 18.1 Å². The molecule has 0 spiro atoms. The Kier molecular flexibility index (Phi) is 3.99. The molecule has 0 radical (unpaired) electrons. The van der Waals surface area contributed by atoms with Crippen molar-refractivity contribution in [1.82, 2.24) is 4.98 Å². The van der Waals surface area contributed by atoms with Crippen molar-refractivity contribution in [2.45, 2.75) is 30.1 Å². The number of fused-ring (bicyclic) bond motifs is 1. The molecule has 25 heavy (non-hydrogen) atoms. The van der Waals surface area contributed by atoms with Gasteiger partial charge in [-0.25, -0.2) is 26.0 Å². The second-order valence-electron chi connectivity index (χ2n) is 5.67. The highest BCUT2D eigenvalue weighted by atomic mass is 32.2. The third-order valence-corrected chi connectivity index (χ3v) is 5.36. The average Bonchev–Trinajstić information content (AvgIpc) is 2.92. The number of nitrogens with one attached hydrogen (secondary N) is 2. The van der Waals surface area contributed by atoms with Gasteiger partial charge in [-0.15, -0.1) is 0 Å². The lowest BCUT2D eigenvalue weighted by molar-refractivity contribution is -0.0133. The summed E-state index contributed by atoms with van der Waals surface area (Å²) in [5, 5.41) is 8.63. The van der Waals surface area contributed by atoms with Crippen molar-refractivity contribution >= 4 is 15.7 Å². The van der Waals surface area contributed by atoms with Crippen LogP contribution in [0.3, 0.4) is 0 Å². The zero-order valence-electron chi connectivity index (χ0n) is 12.5. The molecule has 5 nitrogen and oxygen atoms in total. The summed E-state index contributed by atoms with van der Waals surface area (Å²) in [6, 6.07) is 2.56. The number of alkyl halides is 2. The largest absolute Gasteiger partial charge is 0.363 e. The number of hydrogen-bond donors (Lipinski definition) is 2. The van der Waals surface area contributed by atoms with E-state index in [1.807, 2.05) is 4.72 Å². The normalized spacial score (nSPS) is 16.1. The molecule has 1 aliphatic carbocycles. The Morgan fingerprint density at radius 2 is 1.96 bits per heavy atom. The molecule has 2 aromatic rings. The summed E-state index contributed by atoms with van der Waals surface area (Å²) in [6.07, 6.45) is -0.226. The lowest BCUT2D eigenvalue weighted by Crippen LogP contribution is -2.26. The molecule has 0 amide bonds. The molecule has 0 saturated carbocycles. The average molecular weight is 373 g/mol. The number of nitrogens with zero attached hydrogens (tertiary/aromatic N) is 1. The smallest absolute Gasteiger partial charge is 0.263 e. The van der Waals surface area contributed by atoms with Crippen LogP contribution in [0.25, 0.3) is 0 Å². The van der Waals surface area contributed by atoms with Gasteiger partial charge in [-0.2, -0.15) is 5.26 Å². The fraction of sp³-hybridized carbons (Fsp3) is 0.267. The quantitative estimate of drug-likeness (QED) is 0.811. The Balaban J connectivity index is 1.96. The van der Waals surface area contributed by atoms with E-state index in [0.29, 0.717) is 12.1 Å². The van der Waals surface area contributed by atoms with Gasteiger partial charge < -0.3 is 4.98 Å². The highest BCUT2D eigenvalue weighted by Gasteiger charge is 2.37. The zero-order chi connectivity index (χ0) is 18.4.